The first kappa shape index (κ1) is 19.9. The van der Waals surface area contributed by atoms with Crippen molar-refractivity contribution in [3.8, 4) is 11.4 Å². The Kier molecular flexibility index (Phi) is 5.12. The molecular formula is C20H26N6O2S. The van der Waals surface area contributed by atoms with E-state index in [9.17, 15) is 4.79 Å². The maximum absolute atomic E-state index is 13.2. The second-order valence-electron chi connectivity index (χ2n) is 8.35. The lowest BCUT2D eigenvalue weighted by atomic mass is 9.94. The summed E-state index contributed by atoms with van der Waals surface area (Å²) < 4.78 is 11.1. The molecule has 0 atom stereocenters. The molecule has 0 amide bonds. The van der Waals surface area contributed by atoms with Crippen LogP contribution in [0.1, 0.15) is 39.3 Å². The highest BCUT2D eigenvalue weighted by Gasteiger charge is 2.35. The number of ether oxygens (including phenoxy) is 1. The summed E-state index contributed by atoms with van der Waals surface area (Å²) in [7, 11) is 1.87. The quantitative estimate of drug-likeness (QED) is 0.639. The van der Waals surface area contributed by atoms with Gasteiger partial charge >= 0.3 is 0 Å². The van der Waals surface area contributed by atoms with Crippen LogP contribution >= 0.6 is 11.8 Å². The number of rotatable bonds is 5. The molecule has 9 heteroatoms. The fourth-order valence-electron chi connectivity index (χ4n) is 3.55. The molecule has 1 aliphatic carbocycles. The maximum Gasteiger partial charge on any atom is 0.297 e. The second kappa shape index (κ2) is 7.46. The summed E-state index contributed by atoms with van der Waals surface area (Å²) >= 11 is 1.61. The summed E-state index contributed by atoms with van der Waals surface area (Å²) in [5.41, 5.74) is 1.80. The van der Waals surface area contributed by atoms with E-state index in [0.29, 0.717) is 16.1 Å². The molecule has 29 heavy (non-hydrogen) atoms. The highest BCUT2D eigenvalue weighted by Crippen LogP contribution is 2.39. The average Bonchev–Trinajstić information content (AvgIpc) is 3.15. The van der Waals surface area contributed by atoms with Gasteiger partial charge in [0, 0.05) is 12.3 Å². The van der Waals surface area contributed by atoms with Crippen molar-refractivity contribution in [3.63, 3.8) is 0 Å². The molecule has 154 valence electrons. The van der Waals surface area contributed by atoms with Gasteiger partial charge in [0.15, 0.2) is 5.69 Å². The van der Waals surface area contributed by atoms with Crippen molar-refractivity contribution >= 4 is 11.8 Å². The molecule has 2 heterocycles. The average molecular weight is 415 g/mol. The highest BCUT2D eigenvalue weighted by atomic mass is 32.2. The number of thioether (sulfide) groups is 1. The van der Waals surface area contributed by atoms with Crippen LogP contribution < -0.4 is 5.56 Å². The minimum atomic E-state index is -0.145. The number of benzene rings is 1. The topological polar surface area (TPSA) is 79.8 Å². The molecular weight excluding hydrogens is 388 g/mol. The lowest BCUT2D eigenvalue weighted by Crippen LogP contribution is -2.39. The molecule has 1 aliphatic rings. The Hall–Kier alpha value is -2.39. The minimum absolute atomic E-state index is 0.133. The Balaban J connectivity index is 1.59. The van der Waals surface area contributed by atoms with Crippen molar-refractivity contribution in [1.29, 1.82) is 0 Å². The maximum atomic E-state index is 13.2. The number of tetrazole rings is 1. The van der Waals surface area contributed by atoms with E-state index < -0.39 is 0 Å². The number of aromatic nitrogens is 6. The first-order valence-corrected chi connectivity index (χ1v) is 10.6. The molecule has 0 aliphatic heterocycles. The van der Waals surface area contributed by atoms with Gasteiger partial charge in [-0.05, 0) is 63.1 Å². The predicted octanol–water partition coefficient (Wildman–Crippen LogP) is 2.90. The van der Waals surface area contributed by atoms with Gasteiger partial charge in [-0.2, -0.15) is 4.68 Å². The van der Waals surface area contributed by atoms with Crippen LogP contribution in [0, 0.1) is 6.92 Å². The van der Waals surface area contributed by atoms with Crippen molar-refractivity contribution in [2.75, 3.05) is 0 Å². The summed E-state index contributed by atoms with van der Waals surface area (Å²) in [6.45, 7) is 8.13. The molecule has 0 bridgehead atoms. The Labute approximate surface area is 173 Å². The lowest BCUT2D eigenvalue weighted by Gasteiger charge is -2.38. The molecule has 4 rings (SSSR count). The van der Waals surface area contributed by atoms with E-state index in [2.05, 4.69) is 36.3 Å². The molecule has 1 saturated carbocycles. The molecule has 0 N–H and O–H groups in total. The molecule has 3 aromatic rings. The number of nitrogens with zero attached hydrogens (tertiary/aromatic N) is 6. The molecule has 0 radical (unpaired) electrons. The second-order valence-corrected chi connectivity index (χ2v) is 9.61. The van der Waals surface area contributed by atoms with Crippen molar-refractivity contribution in [3.05, 3.63) is 46.4 Å². The van der Waals surface area contributed by atoms with Gasteiger partial charge < -0.3 is 4.74 Å². The van der Waals surface area contributed by atoms with E-state index in [1.807, 2.05) is 49.0 Å². The Morgan fingerprint density at radius 1 is 1.17 bits per heavy atom. The van der Waals surface area contributed by atoms with E-state index in [1.165, 1.54) is 0 Å². The van der Waals surface area contributed by atoms with Crippen molar-refractivity contribution in [2.45, 2.75) is 62.6 Å². The third-order valence-electron chi connectivity index (χ3n) is 5.02. The standard InChI is InChI=1S/C20H26N6O2S/c1-13-17(18(27)26(24(13)5)14-9-7-6-8-10-14)25-19(21-22-23-25)29-16-11-15(12-16)28-20(2,3)4/h6-10,15-16H,11-12H2,1-5H3. The van der Waals surface area contributed by atoms with Crippen LogP contribution in [-0.2, 0) is 11.8 Å². The van der Waals surface area contributed by atoms with Crippen LogP contribution in [0.3, 0.4) is 0 Å². The molecule has 2 aromatic heterocycles. The van der Waals surface area contributed by atoms with Gasteiger partial charge in [-0.3, -0.25) is 9.48 Å². The van der Waals surface area contributed by atoms with Gasteiger partial charge in [-0.15, -0.1) is 5.10 Å². The summed E-state index contributed by atoms with van der Waals surface area (Å²) in [6.07, 6.45) is 2.18. The van der Waals surface area contributed by atoms with Crippen LogP contribution in [-0.4, -0.2) is 46.5 Å². The lowest BCUT2D eigenvalue weighted by molar-refractivity contribution is -0.0892. The number of hydrogen-bond donors (Lipinski definition) is 0. The number of hydrogen-bond acceptors (Lipinski definition) is 6. The minimum Gasteiger partial charge on any atom is -0.373 e. The van der Waals surface area contributed by atoms with Crippen LogP contribution in [0.5, 0.6) is 0 Å². The van der Waals surface area contributed by atoms with E-state index in [1.54, 1.807) is 21.1 Å². The molecule has 1 fully saturated rings. The predicted molar refractivity (Wildman–Crippen MR) is 112 cm³/mol. The number of para-hydroxylation sites is 1. The van der Waals surface area contributed by atoms with Gasteiger partial charge in [-0.1, -0.05) is 30.0 Å². The van der Waals surface area contributed by atoms with Crippen LogP contribution in [0.25, 0.3) is 11.4 Å². The third-order valence-corrected chi connectivity index (χ3v) is 6.20. The summed E-state index contributed by atoms with van der Waals surface area (Å²) in [6, 6.07) is 9.56. The van der Waals surface area contributed by atoms with Crippen molar-refractivity contribution in [2.24, 2.45) is 7.05 Å². The third kappa shape index (κ3) is 3.89. The Morgan fingerprint density at radius 2 is 1.86 bits per heavy atom. The SMILES string of the molecule is Cc1c(-n2nnnc2SC2CC(OC(C)(C)C)C2)c(=O)n(-c2ccccc2)n1C. The molecule has 8 nitrogen and oxygen atoms in total. The molecule has 1 aromatic carbocycles. The smallest absolute Gasteiger partial charge is 0.297 e. The largest absolute Gasteiger partial charge is 0.373 e. The van der Waals surface area contributed by atoms with Gasteiger partial charge in [0.1, 0.15) is 0 Å². The summed E-state index contributed by atoms with van der Waals surface area (Å²) in [5, 5.41) is 13.1. The zero-order chi connectivity index (χ0) is 20.8. The fourth-order valence-corrected chi connectivity index (χ4v) is 4.78. The molecule has 0 saturated heterocycles. The van der Waals surface area contributed by atoms with Gasteiger partial charge in [0.25, 0.3) is 5.56 Å². The van der Waals surface area contributed by atoms with Crippen molar-refractivity contribution in [1.82, 2.24) is 29.6 Å². The van der Waals surface area contributed by atoms with Crippen LogP contribution in [0.15, 0.2) is 40.3 Å². The normalized spacial score (nSPS) is 19.3. The highest BCUT2D eigenvalue weighted by molar-refractivity contribution is 7.99. The zero-order valence-electron chi connectivity index (χ0n) is 17.4. The zero-order valence-corrected chi connectivity index (χ0v) is 18.2. The summed E-state index contributed by atoms with van der Waals surface area (Å²) in [5.74, 6) is 0. The van der Waals surface area contributed by atoms with E-state index >= 15 is 0 Å². The summed E-state index contributed by atoms with van der Waals surface area (Å²) in [4.78, 5) is 13.2. The Morgan fingerprint density at radius 3 is 2.52 bits per heavy atom. The van der Waals surface area contributed by atoms with Crippen LogP contribution in [0.2, 0.25) is 0 Å². The first-order chi connectivity index (χ1) is 13.7. The van der Waals surface area contributed by atoms with Crippen molar-refractivity contribution < 1.29 is 4.74 Å². The van der Waals surface area contributed by atoms with Gasteiger partial charge in [0.05, 0.1) is 23.1 Å². The van der Waals surface area contributed by atoms with Gasteiger partial charge in [-0.25, -0.2) is 4.68 Å². The fraction of sp³-hybridized carbons (Fsp3) is 0.500. The van der Waals surface area contributed by atoms with Crippen LogP contribution in [0.4, 0.5) is 0 Å². The Bertz CT molecular complexity index is 1060. The van der Waals surface area contributed by atoms with E-state index in [4.69, 9.17) is 4.74 Å². The molecule has 0 unspecified atom stereocenters. The van der Waals surface area contributed by atoms with Gasteiger partial charge in [0.2, 0.25) is 5.16 Å². The van der Waals surface area contributed by atoms with E-state index in [0.717, 1.165) is 24.2 Å². The van der Waals surface area contributed by atoms with E-state index in [-0.39, 0.29) is 17.3 Å². The molecule has 0 spiro atoms. The monoisotopic (exact) mass is 414 g/mol. The first-order valence-electron chi connectivity index (χ1n) is 9.72.